The summed E-state index contributed by atoms with van der Waals surface area (Å²) in [6.07, 6.45) is -2.88. The molecule has 1 unspecified atom stereocenters. The van der Waals surface area contributed by atoms with E-state index >= 15 is 0 Å². The van der Waals surface area contributed by atoms with Crippen LogP contribution in [0.2, 0.25) is 0 Å². The number of ether oxygens (including phenoxy) is 1. The van der Waals surface area contributed by atoms with E-state index < -0.39 is 12.6 Å². The summed E-state index contributed by atoms with van der Waals surface area (Å²) in [5, 5.41) is 5.93. The second-order valence-corrected chi connectivity index (χ2v) is 6.04. The smallest absolute Gasteiger partial charge is 0.379 e. The molecule has 1 aliphatic rings. The highest BCUT2D eigenvalue weighted by atomic mass is 19.4. The molecule has 0 aromatic carbocycles. The molecular formula is C16H31F3N4O. The Morgan fingerprint density at radius 2 is 1.79 bits per heavy atom. The molecule has 5 nitrogen and oxygen atoms in total. The zero-order valence-corrected chi connectivity index (χ0v) is 15.0. The second kappa shape index (κ2) is 10.8. The standard InChI is InChI=1S/C16H31F3N4O/c1-4-13(5-2)14(23-8-10-24-11-9-23)12-22-15(20-3)21-7-6-16(17,18)19/h13-14H,4-12H2,1-3H3,(H2,20,21,22). The second-order valence-electron chi connectivity index (χ2n) is 6.04. The monoisotopic (exact) mass is 352 g/mol. The summed E-state index contributed by atoms with van der Waals surface area (Å²) < 4.78 is 42.2. The molecule has 0 amide bonds. The first-order valence-electron chi connectivity index (χ1n) is 8.74. The molecule has 2 N–H and O–H groups in total. The van der Waals surface area contributed by atoms with Gasteiger partial charge in [0.1, 0.15) is 0 Å². The molecule has 142 valence electrons. The zero-order valence-electron chi connectivity index (χ0n) is 15.0. The highest BCUT2D eigenvalue weighted by Gasteiger charge is 2.28. The lowest BCUT2D eigenvalue weighted by atomic mass is 9.92. The van der Waals surface area contributed by atoms with E-state index in [-0.39, 0.29) is 6.54 Å². The van der Waals surface area contributed by atoms with E-state index in [0.717, 1.165) is 39.1 Å². The van der Waals surface area contributed by atoms with Crippen LogP contribution >= 0.6 is 0 Å². The van der Waals surface area contributed by atoms with Crippen molar-refractivity contribution >= 4 is 5.96 Å². The van der Waals surface area contributed by atoms with Gasteiger partial charge in [-0.3, -0.25) is 9.89 Å². The highest BCUT2D eigenvalue weighted by molar-refractivity contribution is 5.79. The summed E-state index contributed by atoms with van der Waals surface area (Å²) in [5.74, 6) is 0.951. The summed E-state index contributed by atoms with van der Waals surface area (Å²) in [7, 11) is 1.57. The van der Waals surface area contributed by atoms with Gasteiger partial charge in [-0.2, -0.15) is 13.2 Å². The van der Waals surface area contributed by atoms with Gasteiger partial charge < -0.3 is 15.4 Å². The number of morpholine rings is 1. The number of hydrogen-bond acceptors (Lipinski definition) is 3. The van der Waals surface area contributed by atoms with Gasteiger partial charge >= 0.3 is 6.18 Å². The van der Waals surface area contributed by atoms with Crippen molar-refractivity contribution < 1.29 is 17.9 Å². The third-order valence-electron chi connectivity index (χ3n) is 4.51. The molecule has 1 saturated heterocycles. The van der Waals surface area contributed by atoms with Gasteiger partial charge in [0.15, 0.2) is 5.96 Å². The molecule has 1 atom stereocenters. The molecule has 8 heteroatoms. The number of rotatable bonds is 8. The van der Waals surface area contributed by atoms with E-state index in [1.165, 1.54) is 0 Å². The van der Waals surface area contributed by atoms with E-state index in [2.05, 4.69) is 34.4 Å². The number of nitrogens with zero attached hydrogens (tertiary/aromatic N) is 2. The van der Waals surface area contributed by atoms with E-state index in [0.29, 0.717) is 24.5 Å². The predicted molar refractivity (Wildman–Crippen MR) is 90.3 cm³/mol. The Morgan fingerprint density at radius 3 is 2.29 bits per heavy atom. The Balaban J connectivity index is 2.55. The molecule has 0 aliphatic carbocycles. The molecule has 0 spiro atoms. The zero-order chi connectivity index (χ0) is 18.0. The van der Waals surface area contributed by atoms with Crippen LogP contribution in [0.5, 0.6) is 0 Å². The van der Waals surface area contributed by atoms with E-state index in [1.807, 2.05) is 0 Å². The maximum Gasteiger partial charge on any atom is 0.390 e. The Hall–Kier alpha value is -1.02. The van der Waals surface area contributed by atoms with Crippen molar-refractivity contribution in [1.29, 1.82) is 0 Å². The topological polar surface area (TPSA) is 48.9 Å². The minimum Gasteiger partial charge on any atom is -0.379 e. The number of halogens is 3. The quantitative estimate of drug-likeness (QED) is 0.520. The third-order valence-corrected chi connectivity index (χ3v) is 4.51. The third kappa shape index (κ3) is 7.70. The lowest BCUT2D eigenvalue weighted by molar-refractivity contribution is -0.132. The first-order valence-corrected chi connectivity index (χ1v) is 8.74. The lowest BCUT2D eigenvalue weighted by Gasteiger charge is -2.39. The molecule has 0 aromatic heterocycles. The van der Waals surface area contributed by atoms with Gasteiger partial charge in [0.2, 0.25) is 0 Å². The molecule has 24 heavy (non-hydrogen) atoms. The summed E-state index contributed by atoms with van der Waals surface area (Å²) >= 11 is 0. The minimum atomic E-state index is -4.16. The minimum absolute atomic E-state index is 0.170. The average molecular weight is 352 g/mol. The first-order chi connectivity index (χ1) is 11.4. The summed E-state index contributed by atoms with van der Waals surface area (Å²) in [6, 6.07) is 0.324. The SMILES string of the molecule is CCC(CC)C(CNC(=NC)NCCC(F)(F)F)N1CCOCC1. The van der Waals surface area contributed by atoms with Gasteiger partial charge in [-0.1, -0.05) is 26.7 Å². The predicted octanol–water partition coefficient (Wildman–Crippen LogP) is 2.24. The summed E-state index contributed by atoms with van der Waals surface area (Å²) in [4.78, 5) is 6.43. The molecule has 0 aromatic rings. The van der Waals surface area contributed by atoms with Crippen molar-refractivity contribution in [3.8, 4) is 0 Å². The normalized spacial score (nSPS) is 18.7. The van der Waals surface area contributed by atoms with Gasteiger partial charge in [-0.15, -0.1) is 0 Å². The summed E-state index contributed by atoms with van der Waals surface area (Å²) in [5.41, 5.74) is 0. The fourth-order valence-electron chi connectivity index (χ4n) is 3.08. The number of guanidine groups is 1. The van der Waals surface area contributed by atoms with Crippen molar-refractivity contribution in [2.24, 2.45) is 10.9 Å². The van der Waals surface area contributed by atoms with Crippen molar-refractivity contribution in [3.63, 3.8) is 0 Å². The summed E-state index contributed by atoms with van der Waals surface area (Å²) in [6.45, 7) is 8.10. The van der Waals surface area contributed by atoms with Crippen LogP contribution in [0.3, 0.4) is 0 Å². The first kappa shape index (κ1) is 21.0. The van der Waals surface area contributed by atoms with Gasteiger partial charge in [0.25, 0.3) is 0 Å². The van der Waals surface area contributed by atoms with Crippen molar-refractivity contribution in [3.05, 3.63) is 0 Å². The van der Waals surface area contributed by atoms with Crippen LogP contribution in [-0.4, -0.2) is 69.5 Å². The van der Waals surface area contributed by atoms with Crippen LogP contribution in [0.1, 0.15) is 33.1 Å². The van der Waals surface area contributed by atoms with Crippen LogP contribution < -0.4 is 10.6 Å². The molecule has 1 aliphatic heterocycles. The molecule has 0 bridgehead atoms. The van der Waals surface area contributed by atoms with Crippen LogP contribution in [0.25, 0.3) is 0 Å². The Kier molecular flexibility index (Phi) is 9.43. The molecule has 1 heterocycles. The van der Waals surface area contributed by atoms with Crippen LogP contribution in [0.4, 0.5) is 13.2 Å². The largest absolute Gasteiger partial charge is 0.390 e. The maximum absolute atomic E-state index is 12.2. The van der Waals surface area contributed by atoms with E-state index in [1.54, 1.807) is 7.05 Å². The fourth-order valence-corrected chi connectivity index (χ4v) is 3.08. The van der Waals surface area contributed by atoms with E-state index in [9.17, 15) is 13.2 Å². The van der Waals surface area contributed by atoms with Crippen molar-refractivity contribution in [2.45, 2.75) is 45.3 Å². The van der Waals surface area contributed by atoms with Crippen LogP contribution in [-0.2, 0) is 4.74 Å². The number of aliphatic imine (C=N–C) groups is 1. The number of nitrogens with one attached hydrogen (secondary N) is 2. The fraction of sp³-hybridized carbons (Fsp3) is 0.938. The van der Waals surface area contributed by atoms with Crippen LogP contribution in [0.15, 0.2) is 4.99 Å². The maximum atomic E-state index is 12.2. The molecule has 0 saturated carbocycles. The highest BCUT2D eigenvalue weighted by Crippen LogP contribution is 2.20. The molecule has 1 rings (SSSR count). The molecular weight excluding hydrogens is 321 g/mol. The number of hydrogen-bond donors (Lipinski definition) is 2. The lowest BCUT2D eigenvalue weighted by Crippen LogP contribution is -2.53. The molecule has 0 radical (unpaired) electrons. The van der Waals surface area contributed by atoms with Gasteiger partial charge in [0.05, 0.1) is 19.6 Å². The van der Waals surface area contributed by atoms with Crippen molar-refractivity contribution in [1.82, 2.24) is 15.5 Å². The average Bonchev–Trinajstić information content (AvgIpc) is 2.56. The Bertz CT molecular complexity index is 367. The molecule has 1 fully saturated rings. The van der Waals surface area contributed by atoms with Crippen molar-refractivity contribution in [2.75, 3.05) is 46.4 Å². The van der Waals surface area contributed by atoms with Gasteiger partial charge in [0, 0.05) is 39.3 Å². The Labute approximate surface area is 143 Å². The van der Waals surface area contributed by atoms with E-state index in [4.69, 9.17) is 4.74 Å². The van der Waals surface area contributed by atoms with Gasteiger partial charge in [-0.05, 0) is 5.92 Å². The van der Waals surface area contributed by atoms with Crippen LogP contribution in [0, 0.1) is 5.92 Å². The Morgan fingerprint density at radius 1 is 1.17 bits per heavy atom. The number of alkyl halides is 3. The van der Waals surface area contributed by atoms with Gasteiger partial charge in [-0.25, -0.2) is 0 Å².